The molecule has 1 aromatic rings. The van der Waals surface area contributed by atoms with Gasteiger partial charge in [-0.05, 0) is 44.2 Å². The van der Waals surface area contributed by atoms with E-state index in [1.807, 2.05) is 36.4 Å². The van der Waals surface area contributed by atoms with Crippen LogP contribution in [0, 0.1) is 5.92 Å². The number of rotatable bonds is 5. The molecule has 0 spiro atoms. The lowest BCUT2D eigenvalue weighted by Crippen LogP contribution is -2.36. The number of benzene rings is 1. The molecule has 1 fully saturated rings. The SMILES string of the molecule is O=C(Nc1cccc(OC2CCCCC2)c1)N[C@@H]1C=C[C@H](CO)C1. The van der Waals surface area contributed by atoms with E-state index in [4.69, 9.17) is 9.84 Å². The van der Waals surface area contributed by atoms with E-state index in [9.17, 15) is 4.79 Å². The summed E-state index contributed by atoms with van der Waals surface area (Å²) >= 11 is 0. The first-order chi connectivity index (χ1) is 11.7. The van der Waals surface area contributed by atoms with E-state index >= 15 is 0 Å². The van der Waals surface area contributed by atoms with Crippen molar-refractivity contribution in [3.63, 3.8) is 0 Å². The van der Waals surface area contributed by atoms with Gasteiger partial charge in [0.1, 0.15) is 5.75 Å². The van der Waals surface area contributed by atoms with Gasteiger partial charge in [-0.15, -0.1) is 0 Å². The average molecular weight is 330 g/mol. The third-order valence-electron chi connectivity index (χ3n) is 4.67. The summed E-state index contributed by atoms with van der Waals surface area (Å²) in [5, 5.41) is 14.9. The van der Waals surface area contributed by atoms with Crippen LogP contribution in [-0.4, -0.2) is 29.9 Å². The van der Waals surface area contributed by atoms with Crippen molar-refractivity contribution in [1.82, 2.24) is 5.32 Å². The fraction of sp³-hybridized carbons (Fsp3) is 0.526. The van der Waals surface area contributed by atoms with Crippen LogP contribution in [0.15, 0.2) is 36.4 Å². The molecule has 2 amide bonds. The van der Waals surface area contributed by atoms with Crippen LogP contribution in [0.2, 0.25) is 0 Å². The zero-order valence-corrected chi connectivity index (χ0v) is 13.9. The maximum absolute atomic E-state index is 12.1. The topological polar surface area (TPSA) is 70.6 Å². The Balaban J connectivity index is 1.50. The van der Waals surface area contributed by atoms with Crippen molar-refractivity contribution in [3.05, 3.63) is 36.4 Å². The largest absolute Gasteiger partial charge is 0.490 e. The van der Waals surface area contributed by atoms with Crippen molar-refractivity contribution in [2.45, 2.75) is 50.7 Å². The molecule has 5 heteroatoms. The zero-order chi connectivity index (χ0) is 16.8. The van der Waals surface area contributed by atoms with Crippen molar-refractivity contribution >= 4 is 11.7 Å². The Kier molecular flexibility index (Phi) is 5.75. The Morgan fingerprint density at radius 1 is 1.21 bits per heavy atom. The summed E-state index contributed by atoms with van der Waals surface area (Å²) in [5.41, 5.74) is 0.724. The molecule has 2 aliphatic rings. The third kappa shape index (κ3) is 4.74. The first kappa shape index (κ1) is 16.8. The second-order valence-corrected chi connectivity index (χ2v) is 6.67. The number of aliphatic hydroxyl groups excluding tert-OH is 1. The first-order valence-corrected chi connectivity index (χ1v) is 8.86. The summed E-state index contributed by atoms with van der Waals surface area (Å²) in [6.07, 6.45) is 10.9. The minimum absolute atomic E-state index is 0.0242. The van der Waals surface area contributed by atoms with Gasteiger partial charge in [-0.25, -0.2) is 4.79 Å². The number of urea groups is 1. The van der Waals surface area contributed by atoms with E-state index in [-0.39, 0.29) is 24.6 Å². The number of amides is 2. The van der Waals surface area contributed by atoms with Gasteiger partial charge in [-0.3, -0.25) is 0 Å². The van der Waals surface area contributed by atoms with E-state index in [2.05, 4.69) is 10.6 Å². The van der Waals surface area contributed by atoms with Gasteiger partial charge in [0.25, 0.3) is 0 Å². The van der Waals surface area contributed by atoms with Gasteiger partial charge in [0, 0.05) is 30.3 Å². The van der Waals surface area contributed by atoms with E-state index in [1.165, 1.54) is 19.3 Å². The summed E-state index contributed by atoms with van der Waals surface area (Å²) in [6, 6.07) is 7.29. The van der Waals surface area contributed by atoms with Crippen molar-refractivity contribution < 1.29 is 14.6 Å². The summed E-state index contributed by atoms with van der Waals surface area (Å²) in [5.74, 6) is 0.948. The lowest BCUT2D eigenvalue weighted by atomic mass is 9.98. The quantitative estimate of drug-likeness (QED) is 0.724. The average Bonchev–Trinajstić information content (AvgIpc) is 3.03. The Labute approximate surface area is 143 Å². The highest BCUT2D eigenvalue weighted by atomic mass is 16.5. The number of carbonyl (C=O) groups is 1. The molecule has 0 aromatic heterocycles. The molecule has 24 heavy (non-hydrogen) atoms. The highest BCUT2D eigenvalue weighted by molar-refractivity contribution is 5.89. The van der Waals surface area contributed by atoms with Crippen LogP contribution in [0.4, 0.5) is 10.5 Å². The lowest BCUT2D eigenvalue weighted by molar-refractivity contribution is 0.155. The molecule has 0 saturated heterocycles. The van der Waals surface area contributed by atoms with Crippen molar-refractivity contribution in [2.24, 2.45) is 5.92 Å². The first-order valence-electron chi connectivity index (χ1n) is 8.86. The van der Waals surface area contributed by atoms with Crippen molar-refractivity contribution in [2.75, 3.05) is 11.9 Å². The molecule has 2 aliphatic carbocycles. The third-order valence-corrected chi connectivity index (χ3v) is 4.67. The molecule has 2 atom stereocenters. The minimum Gasteiger partial charge on any atom is -0.490 e. The van der Waals surface area contributed by atoms with Crippen LogP contribution in [0.5, 0.6) is 5.75 Å². The predicted molar refractivity (Wildman–Crippen MR) is 94.2 cm³/mol. The zero-order valence-electron chi connectivity index (χ0n) is 13.9. The number of aliphatic hydroxyl groups is 1. The monoisotopic (exact) mass is 330 g/mol. The maximum atomic E-state index is 12.1. The number of hydrogen-bond donors (Lipinski definition) is 3. The minimum atomic E-state index is -0.238. The molecule has 3 rings (SSSR count). The fourth-order valence-electron chi connectivity index (χ4n) is 3.38. The number of carbonyl (C=O) groups excluding carboxylic acids is 1. The van der Waals surface area contributed by atoms with Crippen molar-refractivity contribution in [3.8, 4) is 5.75 Å². The lowest BCUT2D eigenvalue weighted by Gasteiger charge is -2.23. The van der Waals surface area contributed by atoms with Crippen LogP contribution < -0.4 is 15.4 Å². The van der Waals surface area contributed by atoms with Gasteiger partial charge in [0.15, 0.2) is 0 Å². The second kappa shape index (κ2) is 8.20. The number of ether oxygens (including phenoxy) is 1. The Morgan fingerprint density at radius 2 is 2.04 bits per heavy atom. The number of nitrogens with one attached hydrogen (secondary N) is 2. The molecule has 0 bridgehead atoms. The van der Waals surface area contributed by atoms with Gasteiger partial charge >= 0.3 is 6.03 Å². The van der Waals surface area contributed by atoms with Gasteiger partial charge in [-0.2, -0.15) is 0 Å². The van der Waals surface area contributed by atoms with E-state index in [0.29, 0.717) is 6.10 Å². The summed E-state index contributed by atoms with van der Waals surface area (Å²) in [6.45, 7) is 0.122. The number of hydrogen-bond acceptors (Lipinski definition) is 3. The summed E-state index contributed by atoms with van der Waals surface area (Å²) in [4.78, 5) is 12.1. The van der Waals surface area contributed by atoms with Crippen LogP contribution >= 0.6 is 0 Å². The van der Waals surface area contributed by atoms with Crippen molar-refractivity contribution in [1.29, 1.82) is 0 Å². The van der Waals surface area contributed by atoms with Gasteiger partial charge in [-0.1, -0.05) is 24.6 Å². The standard InChI is InChI=1S/C19H26N2O3/c22-13-14-9-10-16(11-14)21-19(23)20-15-5-4-8-18(12-15)24-17-6-2-1-3-7-17/h4-5,8-10,12,14,16-17,22H,1-3,6-7,11,13H2,(H2,20,21,23)/t14-,16+/m0/s1. The Hall–Kier alpha value is -2.01. The predicted octanol–water partition coefficient (Wildman–Crippen LogP) is 3.46. The maximum Gasteiger partial charge on any atom is 0.319 e. The van der Waals surface area contributed by atoms with Crippen LogP contribution in [0.1, 0.15) is 38.5 Å². The summed E-state index contributed by atoms with van der Waals surface area (Å²) < 4.78 is 6.03. The second-order valence-electron chi connectivity index (χ2n) is 6.67. The van der Waals surface area contributed by atoms with Gasteiger partial charge in [0.2, 0.25) is 0 Å². The van der Waals surface area contributed by atoms with E-state index < -0.39 is 0 Å². The van der Waals surface area contributed by atoms with Gasteiger partial charge < -0.3 is 20.5 Å². The van der Waals surface area contributed by atoms with E-state index in [0.717, 1.165) is 30.7 Å². The van der Waals surface area contributed by atoms with Crippen LogP contribution in [0.25, 0.3) is 0 Å². The molecule has 0 radical (unpaired) electrons. The summed E-state index contributed by atoms with van der Waals surface area (Å²) in [7, 11) is 0. The highest BCUT2D eigenvalue weighted by Gasteiger charge is 2.20. The molecular formula is C19H26N2O3. The normalized spacial score (nSPS) is 23.9. The molecule has 1 saturated carbocycles. The molecule has 130 valence electrons. The molecule has 0 unspecified atom stereocenters. The Bertz CT molecular complexity index is 582. The van der Waals surface area contributed by atoms with Gasteiger partial charge in [0.05, 0.1) is 6.10 Å². The van der Waals surface area contributed by atoms with Crippen LogP contribution in [0.3, 0.4) is 0 Å². The molecule has 1 aromatic carbocycles. The van der Waals surface area contributed by atoms with E-state index in [1.54, 1.807) is 0 Å². The highest BCUT2D eigenvalue weighted by Crippen LogP contribution is 2.25. The molecule has 3 N–H and O–H groups in total. The smallest absolute Gasteiger partial charge is 0.319 e. The number of anilines is 1. The molecule has 5 nitrogen and oxygen atoms in total. The van der Waals surface area contributed by atoms with Crippen LogP contribution in [-0.2, 0) is 0 Å². The molecular weight excluding hydrogens is 304 g/mol. The fourth-order valence-corrected chi connectivity index (χ4v) is 3.38. The molecule has 0 heterocycles. The molecule has 0 aliphatic heterocycles. The Morgan fingerprint density at radius 3 is 2.79 bits per heavy atom.